The van der Waals surface area contributed by atoms with Crippen LogP contribution in [0.25, 0.3) is 0 Å². The van der Waals surface area contributed by atoms with Gasteiger partial charge >= 0.3 is 0 Å². The van der Waals surface area contributed by atoms with Gasteiger partial charge in [0.05, 0.1) is 6.10 Å². The van der Waals surface area contributed by atoms with Crippen LogP contribution in [0.2, 0.25) is 0 Å². The predicted octanol–water partition coefficient (Wildman–Crippen LogP) is 4.00. The maximum Gasteiger partial charge on any atom is 0.0591 e. The van der Waals surface area contributed by atoms with Crippen LogP contribution in [0.1, 0.15) is 66.2 Å². The van der Waals surface area contributed by atoms with Crippen LogP contribution in [-0.4, -0.2) is 11.2 Å². The molecular formula is C14H28O. The summed E-state index contributed by atoms with van der Waals surface area (Å²) in [4.78, 5) is 0. The van der Waals surface area contributed by atoms with Gasteiger partial charge in [-0.05, 0) is 30.1 Å². The Bertz CT molecular complexity index is 180. The van der Waals surface area contributed by atoms with Crippen molar-refractivity contribution < 1.29 is 5.11 Å². The lowest BCUT2D eigenvalue weighted by Crippen LogP contribution is -2.30. The Hall–Kier alpha value is -0.0400. The van der Waals surface area contributed by atoms with E-state index >= 15 is 0 Å². The van der Waals surface area contributed by atoms with Crippen molar-refractivity contribution in [2.45, 2.75) is 72.3 Å². The molecule has 0 aromatic carbocycles. The molecule has 0 saturated heterocycles. The van der Waals surface area contributed by atoms with E-state index in [-0.39, 0.29) is 11.5 Å². The van der Waals surface area contributed by atoms with Crippen LogP contribution in [0.15, 0.2) is 0 Å². The minimum absolute atomic E-state index is 0.0547. The summed E-state index contributed by atoms with van der Waals surface area (Å²) in [6, 6.07) is 0. The van der Waals surface area contributed by atoms with Crippen LogP contribution in [-0.2, 0) is 0 Å². The minimum Gasteiger partial charge on any atom is -0.393 e. The standard InChI is InChI=1S/C14H28O/c1-5-11-7-6-8-12(9-11)10-13(15)14(2,3)4/h11-13,15H,5-10H2,1-4H3. The van der Waals surface area contributed by atoms with Crippen LogP contribution >= 0.6 is 0 Å². The first-order chi connectivity index (χ1) is 6.93. The first kappa shape index (κ1) is 13.0. The molecular weight excluding hydrogens is 184 g/mol. The van der Waals surface area contributed by atoms with Gasteiger partial charge in [0, 0.05) is 0 Å². The maximum atomic E-state index is 10.1. The highest BCUT2D eigenvalue weighted by Crippen LogP contribution is 2.36. The number of hydrogen-bond donors (Lipinski definition) is 1. The van der Waals surface area contributed by atoms with Gasteiger partial charge in [-0.2, -0.15) is 0 Å². The minimum atomic E-state index is -0.127. The smallest absolute Gasteiger partial charge is 0.0591 e. The molecule has 1 saturated carbocycles. The molecule has 1 heteroatoms. The molecule has 1 aliphatic carbocycles. The second-order valence-electron chi connectivity index (χ2n) is 6.42. The molecule has 0 bridgehead atoms. The molecule has 1 rings (SSSR count). The van der Waals surface area contributed by atoms with Gasteiger partial charge in [0.25, 0.3) is 0 Å². The summed E-state index contributed by atoms with van der Waals surface area (Å²) in [5, 5.41) is 10.1. The molecule has 0 spiro atoms. The van der Waals surface area contributed by atoms with E-state index in [1.807, 2.05) is 0 Å². The second kappa shape index (κ2) is 5.34. The Labute approximate surface area is 95.3 Å². The van der Waals surface area contributed by atoms with Gasteiger partial charge in [0.1, 0.15) is 0 Å². The van der Waals surface area contributed by atoms with Crippen molar-refractivity contribution in [3.05, 3.63) is 0 Å². The molecule has 0 heterocycles. The first-order valence-corrected chi connectivity index (χ1v) is 6.61. The highest BCUT2D eigenvalue weighted by atomic mass is 16.3. The molecule has 0 amide bonds. The lowest BCUT2D eigenvalue weighted by Gasteiger charge is -2.33. The predicted molar refractivity (Wildman–Crippen MR) is 65.8 cm³/mol. The molecule has 1 nitrogen and oxygen atoms in total. The SMILES string of the molecule is CCC1CCCC(CC(O)C(C)(C)C)C1. The van der Waals surface area contributed by atoms with Gasteiger partial charge < -0.3 is 5.11 Å². The monoisotopic (exact) mass is 212 g/mol. The van der Waals surface area contributed by atoms with Gasteiger partial charge in [-0.1, -0.05) is 53.4 Å². The van der Waals surface area contributed by atoms with Crippen molar-refractivity contribution in [2.24, 2.45) is 17.3 Å². The van der Waals surface area contributed by atoms with Crippen molar-refractivity contribution in [3.63, 3.8) is 0 Å². The van der Waals surface area contributed by atoms with Crippen LogP contribution in [0.4, 0.5) is 0 Å². The molecule has 1 aliphatic rings. The Morgan fingerprint density at radius 2 is 1.80 bits per heavy atom. The number of hydrogen-bond acceptors (Lipinski definition) is 1. The van der Waals surface area contributed by atoms with E-state index in [0.29, 0.717) is 0 Å². The van der Waals surface area contributed by atoms with Crippen molar-refractivity contribution in [3.8, 4) is 0 Å². The Kier molecular flexibility index (Phi) is 4.64. The first-order valence-electron chi connectivity index (χ1n) is 6.61. The van der Waals surface area contributed by atoms with E-state index in [9.17, 15) is 5.11 Å². The normalized spacial score (nSPS) is 30.2. The second-order valence-corrected chi connectivity index (χ2v) is 6.42. The van der Waals surface area contributed by atoms with Gasteiger partial charge in [-0.15, -0.1) is 0 Å². The van der Waals surface area contributed by atoms with Crippen LogP contribution in [0.3, 0.4) is 0 Å². The summed E-state index contributed by atoms with van der Waals surface area (Å²) in [6.07, 6.45) is 7.69. The van der Waals surface area contributed by atoms with Gasteiger partial charge in [-0.25, -0.2) is 0 Å². The molecule has 1 N–H and O–H groups in total. The van der Waals surface area contributed by atoms with E-state index in [2.05, 4.69) is 27.7 Å². The molecule has 90 valence electrons. The van der Waals surface area contributed by atoms with Gasteiger partial charge in [0.15, 0.2) is 0 Å². The summed E-state index contributed by atoms with van der Waals surface area (Å²) in [6.45, 7) is 8.71. The lowest BCUT2D eigenvalue weighted by molar-refractivity contribution is 0.0315. The van der Waals surface area contributed by atoms with Crippen LogP contribution in [0.5, 0.6) is 0 Å². The molecule has 0 aromatic rings. The quantitative estimate of drug-likeness (QED) is 0.749. The molecule has 3 unspecified atom stereocenters. The summed E-state index contributed by atoms with van der Waals surface area (Å²) in [5.74, 6) is 1.70. The van der Waals surface area contributed by atoms with E-state index in [1.54, 1.807) is 0 Å². The highest BCUT2D eigenvalue weighted by molar-refractivity contribution is 4.79. The third kappa shape index (κ3) is 4.14. The fourth-order valence-corrected chi connectivity index (χ4v) is 2.66. The van der Waals surface area contributed by atoms with Crippen molar-refractivity contribution in [2.75, 3.05) is 0 Å². The maximum absolute atomic E-state index is 10.1. The molecule has 0 aliphatic heterocycles. The zero-order valence-corrected chi connectivity index (χ0v) is 10.9. The zero-order chi connectivity index (χ0) is 11.5. The fraction of sp³-hybridized carbons (Fsp3) is 1.00. The average molecular weight is 212 g/mol. The molecule has 3 atom stereocenters. The Morgan fingerprint density at radius 1 is 1.20 bits per heavy atom. The van der Waals surface area contributed by atoms with E-state index in [4.69, 9.17) is 0 Å². The summed E-state index contributed by atoms with van der Waals surface area (Å²) >= 11 is 0. The highest BCUT2D eigenvalue weighted by Gasteiger charge is 2.28. The third-order valence-electron chi connectivity index (χ3n) is 4.03. The summed E-state index contributed by atoms with van der Waals surface area (Å²) in [7, 11) is 0. The van der Waals surface area contributed by atoms with Crippen molar-refractivity contribution >= 4 is 0 Å². The third-order valence-corrected chi connectivity index (χ3v) is 4.03. The van der Waals surface area contributed by atoms with E-state index in [0.717, 1.165) is 18.3 Å². The van der Waals surface area contributed by atoms with E-state index < -0.39 is 0 Å². The Morgan fingerprint density at radius 3 is 2.33 bits per heavy atom. The zero-order valence-electron chi connectivity index (χ0n) is 10.9. The van der Waals surface area contributed by atoms with Gasteiger partial charge in [-0.3, -0.25) is 0 Å². The van der Waals surface area contributed by atoms with Crippen molar-refractivity contribution in [1.29, 1.82) is 0 Å². The summed E-state index contributed by atoms with van der Waals surface area (Å²) < 4.78 is 0. The largest absolute Gasteiger partial charge is 0.393 e. The van der Waals surface area contributed by atoms with Crippen molar-refractivity contribution in [1.82, 2.24) is 0 Å². The van der Waals surface area contributed by atoms with E-state index in [1.165, 1.54) is 32.1 Å². The number of aliphatic hydroxyl groups is 1. The fourth-order valence-electron chi connectivity index (χ4n) is 2.66. The number of rotatable bonds is 3. The topological polar surface area (TPSA) is 20.2 Å². The van der Waals surface area contributed by atoms with Crippen LogP contribution < -0.4 is 0 Å². The molecule has 1 fully saturated rings. The Balaban J connectivity index is 2.38. The number of aliphatic hydroxyl groups excluding tert-OH is 1. The average Bonchev–Trinajstić information content (AvgIpc) is 2.16. The van der Waals surface area contributed by atoms with Gasteiger partial charge in [0.2, 0.25) is 0 Å². The van der Waals surface area contributed by atoms with Crippen LogP contribution in [0, 0.1) is 17.3 Å². The molecule has 15 heavy (non-hydrogen) atoms. The molecule has 0 aromatic heterocycles. The lowest BCUT2D eigenvalue weighted by atomic mass is 9.74. The summed E-state index contributed by atoms with van der Waals surface area (Å²) in [5.41, 5.74) is 0.0547. The molecule has 0 radical (unpaired) electrons.